The number of aliphatic hydroxyl groups excluding tert-OH is 1. The molecule has 1 aliphatic carbocycles. The smallest absolute Gasteiger partial charge is 0.223 e. The number of hydrogen-bond acceptors (Lipinski definition) is 3. The Labute approximate surface area is 91.2 Å². The van der Waals surface area contributed by atoms with E-state index in [1.807, 2.05) is 0 Å². The molecular formula is C11H22N2O2. The van der Waals surface area contributed by atoms with Crippen molar-refractivity contribution in [2.75, 3.05) is 13.1 Å². The van der Waals surface area contributed by atoms with E-state index in [0.29, 0.717) is 12.5 Å². The minimum absolute atomic E-state index is 0.0892. The van der Waals surface area contributed by atoms with Crippen molar-refractivity contribution in [3.8, 4) is 0 Å². The Hall–Kier alpha value is -0.610. The second-order valence-corrected chi connectivity index (χ2v) is 4.55. The van der Waals surface area contributed by atoms with Crippen LogP contribution in [0.1, 0.15) is 32.6 Å². The largest absolute Gasteiger partial charge is 0.392 e. The Bertz CT molecular complexity index is 199. The van der Waals surface area contributed by atoms with E-state index < -0.39 is 6.10 Å². The fourth-order valence-corrected chi connectivity index (χ4v) is 2.05. The number of nitrogens with two attached hydrogens (primary N) is 1. The maximum Gasteiger partial charge on any atom is 0.223 e. The molecule has 1 rings (SSSR count). The summed E-state index contributed by atoms with van der Waals surface area (Å²) in [7, 11) is 0. The average molecular weight is 214 g/mol. The van der Waals surface area contributed by atoms with Crippen molar-refractivity contribution in [3.63, 3.8) is 0 Å². The summed E-state index contributed by atoms with van der Waals surface area (Å²) in [5.41, 5.74) is 5.59. The third-order valence-electron chi connectivity index (χ3n) is 3.12. The van der Waals surface area contributed by atoms with E-state index in [1.165, 1.54) is 0 Å². The fourth-order valence-electron chi connectivity index (χ4n) is 2.05. The van der Waals surface area contributed by atoms with Crippen LogP contribution in [-0.4, -0.2) is 30.2 Å². The van der Waals surface area contributed by atoms with Gasteiger partial charge in [-0.05, 0) is 45.1 Å². The van der Waals surface area contributed by atoms with Crippen molar-refractivity contribution in [2.24, 2.45) is 17.6 Å². The number of rotatable bonds is 4. The van der Waals surface area contributed by atoms with E-state index in [2.05, 4.69) is 5.32 Å². The summed E-state index contributed by atoms with van der Waals surface area (Å²) in [6.07, 6.45) is 3.53. The van der Waals surface area contributed by atoms with E-state index in [0.717, 1.165) is 32.2 Å². The van der Waals surface area contributed by atoms with Gasteiger partial charge in [0.2, 0.25) is 5.91 Å². The molecule has 15 heavy (non-hydrogen) atoms. The zero-order valence-electron chi connectivity index (χ0n) is 9.41. The Kier molecular flexibility index (Phi) is 5.05. The number of carbonyl (C=O) groups is 1. The first kappa shape index (κ1) is 12.5. The van der Waals surface area contributed by atoms with Gasteiger partial charge in [-0.1, -0.05) is 0 Å². The number of amides is 1. The quantitative estimate of drug-likeness (QED) is 0.628. The predicted octanol–water partition coefficient (Wildman–Crippen LogP) is 0.249. The average Bonchev–Trinajstić information content (AvgIpc) is 2.26. The first-order valence-corrected chi connectivity index (χ1v) is 5.79. The second-order valence-electron chi connectivity index (χ2n) is 4.55. The molecule has 1 fully saturated rings. The van der Waals surface area contributed by atoms with Crippen molar-refractivity contribution in [2.45, 2.75) is 38.7 Å². The van der Waals surface area contributed by atoms with Crippen LogP contribution in [0.3, 0.4) is 0 Å². The van der Waals surface area contributed by atoms with Crippen LogP contribution in [0.4, 0.5) is 0 Å². The molecule has 0 aliphatic heterocycles. The number of carbonyl (C=O) groups excluding carboxylic acids is 1. The number of nitrogens with one attached hydrogen (secondary N) is 1. The molecule has 4 N–H and O–H groups in total. The van der Waals surface area contributed by atoms with Crippen LogP contribution < -0.4 is 11.1 Å². The Morgan fingerprint density at radius 3 is 2.53 bits per heavy atom. The standard InChI is InChI=1S/C11H22N2O2/c1-8(14)7-13-11(15)10-4-2-9(6-12)3-5-10/h8-10,14H,2-7,12H2,1H3,(H,13,15)/t8-,9?,10?/m1/s1. The molecule has 0 unspecified atom stereocenters. The van der Waals surface area contributed by atoms with Gasteiger partial charge in [-0.15, -0.1) is 0 Å². The molecular weight excluding hydrogens is 192 g/mol. The second kappa shape index (κ2) is 6.08. The molecule has 0 aromatic rings. The summed E-state index contributed by atoms with van der Waals surface area (Å²) in [4.78, 5) is 11.6. The lowest BCUT2D eigenvalue weighted by molar-refractivity contribution is -0.126. The monoisotopic (exact) mass is 214 g/mol. The molecule has 1 amide bonds. The molecule has 0 heterocycles. The van der Waals surface area contributed by atoms with Crippen LogP contribution in [-0.2, 0) is 4.79 Å². The third-order valence-corrected chi connectivity index (χ3v) is 3.12. The van der Waals surface area contributed by atoms with Gasteiger partial charge in [0.15, 0.2) is 0 Å². The van der Waals surface area contributed by atoms with Gasteiger partial charge >= 0.3 is 0 Å². The molecule has 1 atom stereocenters. The summed E-state index contributed by atoms with van der Waals surface area (Å²) in [5, 5.41) is 11.8. The third kappa shape index (κ3) is 4.18. The molecule has 0 bridgehead atoms. The molecule has 1 saturated carbocycles. The summed E-state index contributed by atoms with van der Waals surface area (Å²) < 4.78 is 0. The van der Waals surface area contributed by atoms with Crippen molar-refractivity contribution in [3.05, 3.63) is 0 Å². The maximum absolute atomic E-state index is 11.6. The summed E-state index contributed by atoms with van der Waals surface area (Å²) >= 11 is 0. The SMILES string of the molecule is C[C@@H](O)CNC(=O)C1CCC(CN)CC1. The normalized spacial score (nSPS) is 28.5. The van der Waals surface area contributed by atoms with Gasteiger partial charge in [0.25, 0.3) is 0 Å². The van der Waals surface area contributed by atoms with Crippen LogP contribution in [0.2, 0.25) is 0 Å². The van der Waals surface area contributed by atoms with Gasteiger partial charge in [-0.2, -0.15) is 0 Å². The van der Waals surface area contributed by atoms with Gasteiger partial charge in [-0.3, -0.25) is 4.79 Å². The van der Waals surface area contributed by atoms with Crippen molar-refractivity contribution in [1.82, 2.24) is 5.32 Å². The topological polar surface area (TPSA) is 75.3 Å². The minimum atomic E-state index is -0.464. The molecule has 0 radical (unpaired) electrons. The van der Waals surface area contributed by atoms with Gasteiger partial charge in [0.1, 0.15) is 0 Å². The molecule has 1 aliphatic rings. The number of hydrogen-bond donors (Lipinski definition) is 3. The van der Waals surface area contributed by atoms with Crippen LogP contribution >= 0.6 is 0 Å². The summed E-state index contributed by atoms with van der Waals surface area (Å²) in [6, 6.07) is 0. The van der Waals surface area contributed by atoms with E-state index in [9.17, 15) is 4.79 Å². The molecule has 4 nitrogen and oxygen atoms in total. The van der Waals surface area contributed by atoms with E-state index in [4.69, 9.17) is 10.8 Å². The lowest BCUT2D eigenvalue weighted by Crippen LogP contribution is -2.37. The van der Waals surface area contributed by atoms with Crippen LogP contribution in [0.15, 0.2) is 0 Å². The highest BCUT2D eigenvalue weighted by atomic mass is 16.3. The van der Waals surface area contributed by atoms with Crippen molar-refractivity contribution < 1.29 is 9.90 Å². The molecule has 0 spiro atoms. The number of aliphatic hydroxyl groups is 1. The first-order chi connectivity index (χ1) is 7.13. The molecule has 0 aromatic heterocycles. The van der Waals surface area contributed by atoms with E-state index >= 15 is 0 Å². The van der Waals surface area contributed by atoms with Gasteiger partial charge in [0.05, 0.1) is 6.10 Å². The van der Waals surface area contributed by atoms with Gasteiger partial charge in [-0.25, -0.2) is 0 Å². The molecule has 0 aromatic carbocycles. The Morgan fingerprint density at radius 1 is 1.47 bits per heavy atom. The minimum Gasteiger partial charge on any atom is -0.392 e. The van der Waals surface area contributed by atoms with Crippen LogP contribution in [0.25, 0.3) is 0 Å². The van der Waals surface area contributed by atoms with E-state index in [1.54, 1.807) is 6.92 Å². The van der Waals surface area contributed by atoms with Crippen molar-refractivity contribution >= 4 is 5.91 Å². The molecule has 88 valence electrons. The zero-order chi connectivity index (χ0) is 11.3. The van der Waals surface area contributed by atoms with Gasteiger partial charge < -0.3 is 16.2 Å². The highest BCUT2D eigenvalue weighted by molar-refractivity contribution is 5.78. The lowest BCUT2D eigenvalue weighted by Gasteiger charge is -2.26. The highest BCUT2D eigenvalue weighted by Crippen LogP contribution is 2.27. The van der Waals surface area contributed by atoms with Crippen molar-refractivity contribution in [1.29, 1.82) is 0 Å². The van der Waals surface area contributed by atoms with Gasteiger partial charge in [0, 0.05) is 12.5 Å². The highest BCUT2D eigenvalue weighted by Gasteiger charge is 2.25. The maximum atomic E-state index is 11.6. The first-order valence-electron chi connectivity index (χ1n) is 5.79. The lowest BCUT2D eigenvalue weighted by atomic mass is 9.81. The van der Waals surface area contributed by atoms with Crippen LogP contribution in [0.5, 0.6) is 0 Å². The molecule has 4 heteroatoms. The predicted molar refractivity (Wildman–Crippen MR) is 59.2 cm³/mol. The summed E-state index contributed by atoms with van der Waals surface area (Å²) in [5.74, 6) is 0.823. The fraction of sp³-hybridized carbons (Fsp3) is 0.909. The Balaban J connectivity index is 2.24. The van der Waals surface area contributed by atoms with Crippen LogP contribution in [0, 0.1) is 11.8 Å². The zero-order valence-corrected chi connectivity index (χ0v) is 9.41. The molecule has 0 saturated heterocycles. The Morgan fingerprint density at radius 2 is 2.07 bits per heavy atom. The van der Waals surface area contributed by atoms with E-state index in [-0.39, 0.29) is 11.8 Å². The summed E-state index contributed by atoms with van der Waals surface area (Å²) in [6.45, 7) is 2.77.